The molecule has 1 aliphatic rings. The summed E-state index contributed by atoms with van der Waals surface area (Å²) in [6, 6.07) is 3.54. The minimum atomic E-state index is -0.754. The standard InChI is InChI=1S/C22H29N3O8/c1-5-30-16-9-8-14(10-17(16)31-6-2)20(27)23-11-18(26)33-12-15-19(21(28)32-7-3)13(4)24-22(29)25-15/h8-10,13H,5-7,11-12H2,1-4H3,(H,23,27)(H2,24,25,29). The van der Waals surface area contributed by atoms with Crippen LogP contribution in [0.5, 0.6) is 11.5 Å². The van der Waals surface area contributed by atoms with E-state index in [1.165, 1.54) is 6.07 Å². The Kier molecular flexibility index (Phi) is 9.52. The highest BCUT2D eigenvalue weighted by Crippen LogP contribution is 2.28. The highest BCUT2D eigenvalue weighted by atomic mass is 16.5. The molecule has 1 heterocycles. The number of ether oxygens (including phenoxy) is 4. The van der Waals surface area contributed by atoms with E-state index in [-0.39, 0.29) is 30.0 Å². The molecule has 0 saturated carbocycles. The lowest BCUT2D eigenvalue weighted by atomic mass is 10.0. The lowest BCUT2D eigenvalue weighted by Crippen LogP contribution is -2.50. The van der Waals surface area contributed by atoms with Gasteiger partial charge >= 0.3 is 18.0 Å². The van der Waals surface area contributed by atoms with Crippen molar-refractivity contribution in [3.63, 3.8) is 0 Å². The average molecular weight is 463 g/mol. The summed E-state index contributed by atoms with van der Waals surface area (Å²) in [4.78, 5) is 48.5. The van der Waals surface area contributed by atoms with Crippen LogP contribution in [-0.4, -0.2) is 62.9 Å². The molecule has 1 aromatic carbocycles. The summed E-state index contributed by atoms with van der Waals surface area (Å²) < 4.78 is 21.1. The Labute approximate surface area is 191 Å². The predicted octanol–water partition coefficient (Wildman–Crippen LogP) is 1.28. The molecule has 3 N–H and O–H groups in total. The molecule has 1 atom stereocenters. The molecular weight excluding hydrogens is 434 g/mol. The summed E-state index contributed by atoms with van der Waals surface area (Å²) in [6.45, 7) is 7.13. The molecule has 0 fully saturated rings. The van der Waals surface area contributed by atoms with Crippen molar-refractivity contribution in [3.8, 4) is 11.5 Å². The minimum Gasteiger partial charge on any atom is -0.490 e. The fourth-order valence-corrected chi connectivity index (χ4v) is 3.04. The number of amides is 3. The van der Waals surface area contributed by atoms with Gasteiger partial charge in [-0.15, -0.1) is 0 Å². The molecule has 1 aromatic rings. The highest BCUT2D eigenvalue weighted by molar-refractivity contribution is 5.97. The summed E-state index contributed by atoms with van der Waals surface area (Å²) in [6.07, 6.45) is 0. The van der Waals surface area contributed by atoms with Crippen molar-refractivity contribution in [2.24, 2.45) is 0 Å². The van der Waals surface area contributed by atoms with Crippen LogP contribution in [0, 0.1) is 0 Å². The molecule has 0 radical (unpaired) electrons. The fourth-order valence-electron chi connectivity index (χ4n) is 3.04. The third kappa shape index (κ3) is 7.13. The van der Waals surface area contributed by atoms with E-state index in [0.29, 0.717) is 24.7 Å². The molecule has 180 valence electrons. The van der Waals surface area contributed by atoms with Crippen molar-refractivity contribution in [1.29, 1.82) is 0 Å². The molecule has 0 aromatic heterocycles. The predicted molar refractivity (Wildman–Crippen MR) is 117 cm³/mol. The van der Waals surface area contributed by atoms with Gasteiger partial charge in [0.25, 0.3) is 5.91 Å². The number of carbonyl (C=O) groups is 4. The third-order valence-corrected chi connectivity index (χ3v) is 4.44. The van der Waals surface area contributed by atoms with E-state index in [0.717, 1.165) is 0 Å². The van der Waals surface area contributed by atoms with Crippen LogP contribution in [0.25, 0.3) is 0 Å². The maximum Gasteiger partial charge on any atom is 0.338 e. The van der Waals surface area contributed by atoms with Gasteiger partial charge in [0.2, 0.25) is 0 Å². The van der Waals surface area contributed by atoms with Crippen LogP contribution in [-0.2, 0) is 19.1 Å². The number of hydrogen-bond donors (Lipinski definition) is 3. The third-order valence-electron chi connectivity index (χ3n) is 4.44. The van der Waals surface area contributed by atoms with Crippen molar-refractivity contribution in [1.82, 2.24) is 16.0 Å². The van der Waals surface area contributed by atoms with E-state index in [2.05, 4.69) is 16.0 Å². The molecule has 0 spiro atoms. The molecule has 0 saturated heterocycles. The largest absolute Gasteiger partial charge is 0.490 e. The van der Waals surface area contributed by atoms with Crippen molar-refractivity contribution >= 4 is 23.9 Å². The van der Waals surface area contributed by atoms with Gasteiger partial charge in [-0.25, -0.2) is 9.59 Å². The van der Waals surface area contributed by atoms with Crippen LogP contribution >= 0.6 is 0 Å². The summed E-state index contributed by atoms with van der Waals surface area (Å²) in [5.74, 6) is -0.956. The van der Waals surface area contributed by atoms with Crippen LogP contribution < -0.4 is 25.4 Å². The molecule has 3 amide bonds. The zero-order valence-electron chi connectivity index (χ0n) is 19.1. The number of benzene rings is 1. The van der Waals surface area contributed by atoms with Crippen molar-refractivity contribution in [2.75, 3.05) is 33.0 Å². The molecule has 33 heavy (non-hydrogen) atoms. The van der Waals surface area contributed by atoms with E-state index < -0.39 is 36.5 Å². The van der Waals surface area contributed by atoms with E-state index in [1.807, 2.05) is 13.8 Å². The van der Waals surface area contributed by atoms with Gasteiger partial charge in [-0.2, -0.15) is 0 Å². The molecule has 0 aliphatic carbocycles. The van der Waals surface area contributed by atoms with Gasteiger partial charge in [0, 0.05) is 5.56 Å². The first-order valence-corrected chi connectivity index (χ1v) is 10.6. The minimum absolute atomic E-state index is 0.122. The molecule has 0 bridgehead atoms. The van der Waals surface area contributed by atoms with E-state index >= 15 is 0 Å². The maximum absolute atomic E-state index is 12.4. The number of rotatable bonds is 11. The van der Waals surface area contributed by atoms with E-state index in [9.17, 15) is 19.2 Å². The monoisotopic (exact) mass is 463 g/mol. The molecule has 1 unspecified atom stereocenters. The number of esters is 2. The van der Waals surface area contributed by atoms with Gasteiger partial charge in [0.15, 0.2) is 11.5 Å². The van der Waals surface area contributed by atoms with Gasteiger partial charge < -0.3 is 34.9 Å². The first-order chi connectivity index (χ1) is 15.8. The van der Waals surface area contributed by atoms with Gasteiger partial charge in [0.05, 0.1) is 37.1 Å². The van der Waals surface area contributed by atoms with E-state index in [1.54, 1.807) is 26.0 Å². The van der Waals surface area contributed by atoms with Gasteiger partial charge in [0.1, 0.15) is 13.2 Å². The second-order valence-corrected chi connectivity index (χ2v) is 6.80. The average Bonchev–Trinajstić information content (AvgIpc) is 2.77. The number of carbonyl (C=O) groups excluding carboxylic acids is 4. The first-order valence-electron chi connectivity index (χ1n) is 10.6. The summed E-state index contributed by atoms with van der Waals surface area (Å²) in [7, 11) is 0. The van der Waals surface area contributed by atoms with Gasteiger partial charge in [-0.3, -0.25) is 9.59 Å². The molecule has 2 rings (SSSR count). The Morgan fingerprint density at radius 2 is 1.70 bits per heavy atom. The molecular formula is C22H29N3O8. The summed E-state index contributed by atoms with van der Waals surface area (Å²) in [5.41, 5.74) is 0.560. The van der Waals surface area contributed by atoms with Crippen LogP contribution in [0.4, 0.5) is 4.79 Å². The van der Waals surface area contributed by atoms with Gasteiger partial charge in [-0.1, -0.05) is 0 Å². The fraction of sp³-hybridized carbons (Fsp3) is 0.455. The molecule has 11 heteroatoms. The lowest BCUT2D eigenvalue weighted by molar-refractivity contribution is -0.142. The lowest BCUT2D eigenvalue weighted by Gasteiger charge is -2.26. The summed E-state index contributed by atoms with van der Waals surface area (Å²) >= 11 is 0. The number of urea groups is 1. The highest BCUT2D eigenvalue weighted by Gasteiger charge is 2.30. The Hall–Kier alpha value is -3.76. The Balaban J connectivity index is 1.98. The Morgan fingerprint density at radius 1 is 1.00 bits per heavy atom. The second-order valence-electron chi connectivity index (χ2n) is 6.80. The zero-order chi connectivity index (χ0) is 24.4. The Morgan fingerprint density at radius 3 is 2.36 bits per heavy atom. The van der Waals surface area contributed by atoms with Crippen LogP contribution in [0.2, 0.25) is 0 Å². The van der Waals surface area contributed by atoms with Crippen LogP contribution in [0.1, 0.15) is 38.1 Å². The number of hydrogen-bond acceptors (Lipinski definition) is 8. The normalized spacial score (nSPS) is 15.2. The molecule has 11 nitrogen and oxygen atoms in total. The SMILES string of the molecule is CCOC(=O)C1=C(COC(=O)CNC(=O)c2ccc(OCC)c(OCC)c2)NC(=O)NC1C. The van der Waals surface area contributed by atoms with Gasteiger partial charge in [-0.05, 0) is 45.9 Å². The van der Waals surface area contributed by atoms with Crippen molar-refractivity contribution in [3.05, 3.63) is 35.0 Å². The second kappa shape index (κ2) is 12.3. The topological polar surface area (TPSA) is 141 Å². The van der Waals surface area contributed by atoms with E-state index in [4.69, 9.17) is 18.9 Å². The smallest absolute Gasteiger partial charge is 0.338 e. The van der Waals surface area contributed by atoms with Crippen LogP contribution in [0.15, 0.2) is 29.5 Å². The first kappa shape index (κ1) is 25.5. The van der Waals surface area contributed by atoms with Crippen molar-refractivity contribution in [2.45, 2.75) is 33.7 Å². The Bertz CT molecular complexity index is 928. The van der Waals surface area contributed by atoms with Crippen molar-refractivity contribution < 1.29 is 38.1 Å². The summed E-state index contributed by atoms with van der Waals surface area (Å²) in [5, 5.41) is 7.46. The number of nitrogens with one attached hydrogen (secondary N) is 3. The maximum atomic E-state index is 12.4. The zero-order valence-corrected chi connectivity index (χ0v) is 19.1. The van der Waals surface area contributed by atoms with Crippen LogP contribution in [0.3, 0.4) is 0 Å². The quantitative estimate of drug-likeness (QED) is 0.417. The molecule has 1 aliphatic heterocycles.